The van der Waals surface area contributed by atoms with E-state index in [1.165, 1.54) is 6.33 Å². The number of hydrogen-bond donors (Lipinski definition) is 3. The van der Waals surface area contributed by atoms with Gasteiger partial charge in [-0.1, -0.05) is 0 Å². The molecule has 0 atom stereocenters. The molecule has 0 aliphatic heterocycles. The Labute approximate surface area is 118 Å². The van der Waals surface area contributed by atoms with Crippen LogP contribution < -0.4 is 16.8 Å². The van der Waals surface area contributed by atoms with Crippen LogP contribution in [0.4, 0.5) is 11.6 Å². The first kappa shape index (κ1) is 13.8. The van der Waals surface area contributed by atoms with Gasteiger partial charge in [0.1, 0.15) is 0 Å². The van der Waals surface area contributed by atoms with Crippen molar-refractivity contribution < 1.29 is 4.74 Å². The number of rotatable bonds is 5. The normalized spacial score (nSPS) is 10.8. The molecule has 0 spiro atoms. The van der Waals surface area contributed by atoms with Gasteiger partial charge in [0.05, 0.1) is 0 Å². The quantitative estimate of drug-likeness (QED) is 0.649. The third kappa shape index (κ3) is 2.30. The summed E-state index contributed by atoms with van der Waals surface area (Å²) in [6, 6.07) is 0. The Morgan fingerprint density at radius 1 is 1.53 bits per heavy atom. The van der Waals surface area contributed by atoms with E-state index < -0.39 is 0 Å². The number of aromatic nitrogens is 3. The SMILES string of the molecule is CCOCn1c(N)c(C(N)=[Se])c2c(NC)ncnc21. The second-order valence-electron chi connectivity index (χ2n) is 3.85. The fourth-order valence-corrected chi connectivity index (χ4v) is 2.37. The van der Waals surface area contributed by atoms with Crippen molar-refractivity contribution in [3.05, 3.63) is 11.9 Å². The summed E-state index contributed by atoms with van der Waals surface area (Å²) in [6.07, 6.45) is 1.48. The van der Waals surface area contributed by atoms with Crippen molar-refractivity contribution in [2.75, 3.05) is 24.7 Å². The molecule has 0 aliphatic rings. The van der Waals surface area contributed by atoms with E-state index in [9.17, 15) is 0 Å². The zero-order valence-corrected chi connectivity index (χ0v) is 12.5. The molecule has 7 nitrogen and oxygen atoms in total. The first-order valence-electron chi connectivity index (χ1n) is 5.79. The van der Waals surface area contributed by atoms with Crippen molar-refractivity contribution in [2.24, 2.45) is 5.73 Å². The molecular weight excluding hydrogens is 311 g/mol. The summed E-state index contributed by atoms with van der Waals surface area (Å²) in [5, 5.41) is 3.81. The standard InChI is InChI=1S/C11H16N6OSe/c1-3-18-5-17-8(12)6(9(13)19)7-10(14-2)15-4-16-11(7)17/h4H,3,5,12H2,1-2H3,(H2,13,19)(H,14,15,16). The number of nitrogens with two attached hydrogens (primary N) is 2. The van der Waals surface area contributed by atoms with Crippen LogP contribution in [0.3, 0.4) is 0 Å². The minimum atomic E-state index is 0.326. The second kappa shape index (κ2) is 5.56. The molecule has 0 unspecified atom stereocenters. The van der Waals surface area contributed by atoms with E-state index in [1.54, 1.807) is 11.6 Å². The van der Waals surface area contributed by atoms with Crippen LogP contribution in [0, 0.1) is 0 Å². The van der Waals surface area contributed by atoms with Crippen LogP contribution in [0.15, 0.2) is 6.33 Å². The molecule has 0 aromatic carbocycles. The molecule has 0 saturated heterocycles. The minimum absolute atomic E-state index is 0.326. The number of ether oxygens (including phenoxy) is 1. The molecule has 0 saturated carbocycles. The van der Waals surface area contributed by atoms with Crippen molar-refractivity contribution in [2.45, 2.75) is 13.7 Å². The van der Waals surface area contributed by atoms with Gasteiger partial charge >= 0.3 is 118 Å². The van der Waals surface area contributed by atoms with Gasteiger partial charge in [-0.25, -0.2) is 0 Å². The summed E-state index contributed by atoms with van der Waals surface area (Å²) in [5.41, 5.74) is 13.4. The van der Waals surface area contributed by atoms with Gasteiger partial charge in [0.15, 0.2) is 0 Å². The summed E-state index contributed by atoms with van der Waals surface area (Å²) in [4.78, 5) is 8.46. The maximum atomic E-state index is 6.15. The fourth-order valence-electron chi connectivity index (χ4n) is 1.94. The number of anilines is 2. The first-order valence-corrected chi connectivity index (χ1v) is 6.65. The number of hydrogen-bond acceptors (Lipinski definition) is 6. The Morgan fingerprint density at radius 3 is 2.84 bits per heavy atom. The average Bonchev–Trinajstić information content (AvgIpc) is 2.68. The van der Waals surface area contributed by atoms with E-state index in [0.717, 1.165) is 5.39 Å². The zero-order valence-electron chi connectivity index (χ0n) is 10.8. The average molecular weight is 327 g/mol. The molecule has 8 heteroatoms. The third-order valence-electron chi connectivity index (χ3n) is 2.79. The van der Waals surface area contributed by atoms with Crippen LogP contribution >= 0.6 is 0 Å². The van der Waals surface area contributed by atoms with Crippen molar-refractivity contribution in [1.29, 1.82) is 0 Å². The Balaban J connectivity index is 2.76. The zero-order chi connectivity index (χ0) is 14.0. The number of nitrogen functional groups attached to an aromatic ring is 1. The van der Waals surface area contributed by atoms with Gasteiger partial charge in [-0.2, -0.15) is 0 Å². The predicted molar refractivity (Wildman–Crippen MR) is 77.2 cm³/mol. The third-order valence-corrected chi connectivity index (χ3v) is 3.22. The molecule has 2 rings (SSSR count). The van der Waals surface area contributed by atoms with Gasteiger partial charge < -0.3 is 0 Å². The molecule has 102 valence electrons. The molecule has 2 aromatic rings. The van der Waals surface area contributed by atoms with Crippen LogP contribution in [0.2, 0.25) is 0 Å². The number of nitrogens with one attached hydrogen (secondary N) is 1. The number of fused-ring (bicyclic) bond motifs is 1. The molecular formula is C11H16N6OSe. The molecule has 19 heavy (non-hydrogen) atoms. The van der Waals surface area contributed by atoms with Crippen LogP contribution in [0.5, 0.6) is 0 Å². The van der Waals surface area contributed by atoms with Gasteiger partial charge in [0.2, 0.25) is 0 Å². The summed E-state index contributed by atoms with van der Waals surface area (Å²) >= 11 is 2.79. The molecule has 0 amide bonds. The monoisotopic (exact) mass is 328 g/mol. The maximum absolute atomic E-state index is 6.15. The summed E-state index contributed by atoms with van der Waals surface area (Å²) in [7, 11) is 1.79. The Kier molecular flexibility index (Phi) is 4.04. The van der Waals surface area contributed by atoms with Gasteiger partial charge in [-0.3, -0.25) is 0 Å². The van der Waals surface area contributed by atoms with Crippen LogP contribution in [0.1, 0.15) is 12.5 Å². The molecule has 0 aliphatic carbocycles. The van der Waals surface area contributed by atoms with E-state index in [-0.39, 0.29) is 0 Å². The Bertz CT molecular complexity index is 623. The first-order chi connectivity index (χ1) is 9.11. The van der Waals surface area contributed by atoms with Crippen molar-refractivity contribution in [3.8, 4) is 0 Å². The van der Waals surface area contributed by atoms with Crippen LogP contribution in [-0.4, -0.2) is 48.3 Å². The topological polar surface area (TPSA) is 104 Å². The fraction of sp³-hybridized carbons (Fsp3) is 0.364. The van der Waals surface area contributed by atoms with Crippen LogP contribution in [0.25, 0.3) is 11.0 Å². The summed E-state index contributed by atoms with van der Waals surface area (Å²) < 4.78 is 7.70. The van der Waals surface area contributed by atoms with E-state index in [1.807, 2.05) is 6.92 Å². The van der Waals surface area contributed by atoms with Gasteiger partial charge in [0.25, 0.3) is 0 Å². The predicted octanol–water partition coefficient (Wildman–Crippen LogP) is -0.346. The molecule has 2 heterocycles. The van der Waals surface area contributed by atoms with Crippen molar-refractivity contribution >= 4 is 42.8 Å². The van der Waals surface area contributed by atoms with E-state index in [0.29, 0.717) is 40.7 Å². The Morgan fingerprint density at radius 2 is 2.26 bits per heavy atom. The molecule has 0 bridgehead atoms. The van der Waals surface area contributed by atoms with Gasteiger partial charge in [0, 0.05) is 0 Å². The number of nitrogens with zero attached hydrogens (tertiary/aromatic N) is 3. The van der Waals surface area contributed by atoms with E-state index in [4.69, 9.17) is 16.2 Å². The van der Waals surface area contributed by atoms with Crippen LogP contribution in [-0.2, 0) is 11.5 Å². The molecule has 0 radical (unpaired) electrons. The molecule has 5 N–H and O–H groups in total. The Hall–Kier alpha value is -1.63. The van der Waals surface area contributed by atoms with Gasteiger partial charge in [-0.15, -0.1) is 0 Å². The van der Waals surface area contributed by atoms with E-state index >= 15 is 0 Å². The molecule has 0 fully saturated rings. The second-order valence-corrected chi connectivity index (χ2v) is 4.77. The van der Waals surface area contributed by atoms with Crippen molar-refractivity contribution in [1.82, 2.24) is 14.5 Å². The summed E-state index contributed by atoms with van der Waals surface area (Å²) in [5.74, 6) is 1.19. The van der Waals surface area contributed by atoms with Crippen molar-refractivity contribution in [3.63, 3.8) is 0 Å². The van der Waals surface area contributed by atoms with E-state index in [2.05, 4.69) is 30.9 Å². The summed E-state index contributed by atoms with van der Waals surface area (Å²) in [6.45, 7) is 2.84. The van der Waals surface area contributed by atoms with Gasteiger partial charge in [-0.05, 0) is 0 Å². The molecule has 2 aromatic heterocycles.